The van der Waals surface area contributed by atoms with Crippen LogP contribution in [-0.4, -0.2) is 18.8 Å². The summed E-state index contributed by atoms with van der Waals surface area (Å²) in [7, 11) is 0. The quantitative estimate of drug-likeness (QED) is 0.763. The lowest BCUT2D eigenvalue weighted by atomic mass is 10.0. The Morgan fingerprint density at radius 1 is 1.22 bits per heavy atom. The summed E-state index contributed by atoms with van der Waals surface area (Å²) in [4.78, 5) is 0.283. The third kappa shape index (κ3) is 3.72. The van der Waals surface area contributed by atoms with Crippen LogP contribution in [0.4, 0.5) is 0 Å². The van der Waals surface area contributed by atoms with Gasteiger partial charge in [0.25, 0.3) is 0 Å². The van der Waals surface area contributed by atoms with Gasteiger partial charge in [0.05, 0.1) is 17.0 Å². The predicted octanol–water partition coefficient (Wildman–Crippen LogP) is 4.48. The van der Waals surface area contributed by atoms with Gasteiger partial charge in [0.15, 0.2) is 0 Å². The van der Waals surface area contributed by atoms with E-state index in [0.717, 1.165) is 18.8 Å². The average Bonchev–Trinajstić information content (AvgIpc) is 2.39. The number of alkyl halides is 1. The van der Waals surface area contributed by atoms with Gasteiger partial charge in [-0.1, -0.05) is 28.1 Å². The van der Waals surface area contributed by atoms with E-state index in [1.165, 1.54) is 18.4 Å². The molecule has 100 valence electrons. The van der Waals surface area contributed by atoms with Crippen molar-refractivity contribution in [3.8, 4) is 5.75 Å². The van der Waals surface area contributed by atoms with E-state index in [1.54, 1.807) is 0 Å². The lowest BCUT2D eigenvalue weighted by Crippen LogP contribution is -2.23. The second-order valence-corrected chi connectivity index (χ2v) is 6.03. The number of hydrogen-bond donors (Lipinski definition) is 0. The van der Waals surface area contributed by atoms with Crippen molar-refractivity contribution >= 4 is 15.9 Å². The molecule has 0 amide bonds. The molecular weight excluding hydrogens is 292 g/mol. The van der Waals surface area contributed by atoms with E-state index in [4.69, 9.17) is 9.47 Å². The zero-order chi connectivity index (χ0) is 13.0. The lowest BCUT2D eigenvalue weighted by Gasteiger charge is -2.27. The number of ether oxygens (including phenoxy) is 2. The second-order valence-electron chi connectivity index (χ2n) is 5.04. The molecule has 1 saturated heterocycles. The standard InChI is InChI=1S/C15H21BrO2/c1-11(2)18-13-8-6-12(7-9-13)15(16)14-5-3-4-10-17-14/h6-9,11,14-15H,3-5,10H2,1-2H3. The molecule has 0 spiro atoms. The molecule has 2 nitrogen and oxygen atoms in total. The van der Waals surface area contributed by atoms with Gasteiger partial charge < -0.3 is 9.47 Å². The largest absolute Gasteiger partial charge is 0.491 e. The summed E-state index contributed by atoms with van der Waals surface area (Å²) in [5.74, 6) is 0.929. The summed E-state index contributed by atoms with van der Waals surface area (Å²) in [6.07, 6.45) is 4.12. The van der Waals surface area contributed by atoms with E-state index in [1.807, 2.05) is 26.0 Å². The molecule has 0 N–H and O–H groups in total. The van der Waals surface area contributed by atoms with Crippen molar-refractivity contribution < 1.29 is 9.47 Å². The highest BCUT2D eigenvalue weighted by molar-refractivity contribution is 9.09. The van der Waals surface area contributed by atoms with Crippen LogP contribution < -0.4 is 4.74 Å². The van der Waals surface area contributed by atoms with E-state index in [0.29, 0.717) is 6.10 Å². The van der Waals surface area contributed by atoms with Crippen LogP contribution in [0.5, 0.6) is 5.75 Å². The minimum Gasteiger partial charge on any atom is -0.491 e. The van der Waals surface area contributed by atoms with Gasteiger partial charge in [0, 0.05) is 6.61 Å². The van der Waals surface area contributed by atoms with Crippen LogP contribution in [0.2, 0.25) is 0 Å². The van der Waals surface area contributed by atoms with Crippen LogP contribution in [0.3, 0.4) is 0 Å². The van der Waals surface area contributed by atoms with Gasteiger partial charge in [0.1, 0.15) is 5.75 Å². The Balaban J connectivity index is 1.99. The van der Waals surface area contributed by atoms with Crippen LogP contribution in [0.25, 0.3) is 0 Å². The summed E-state index contributed by atoms with van der Waals surface area (Å²) in [6, 6.07) is 8.31. The lowest BCUT2D eigenvalue weighted by molar-refractivity contribution is 0.0160. The molecule has 0 saturated carbocycles. The van der Waals surface area contributed by atoms with Gasteiger partial charge >= 0.3 is 0 Å². The zero-order valence-corrected chi connectivity index (χ0v) is 12.7. The maximum Gasteiger partial charge on any atom is 0.119 e. The second kappa shape index (κ2) is 6.58. The first kappa shape index (κ1) is 13.9. The van der Waals surface area contributed by atoms with Crippen molar-refractivity contribution in [3.63, 3.8) is 0 Å². The van der Waals surface area contributed by atoms with Crippen molar-refractivity contribution in [2.24, 2.45) is 0 Å². The molecule has 1 aromatic carbocycles. The molecule has 1 heterocycles. The number of benzene rings is 1. The van der Waals surface area contributed by atoms with E-state index in [2.05, 4.69) is 28.1 Å². The number of rotatable bonds is 4. The molecule has 1 aliphatic heterocycles. The van der Waals surface area contributed by atoms with Crippen LogP contribution in [-0.2, 0) is 4.74 Å². The normalized spacial score (nSPS) is 21.9. The summed E-state index contributed by atoms with van der Waals surface area (Å²) in [5.41, 5.74) is 1.26. The van der Waals surface area contributed by atoms with Gasteiger partial charge in [-0.25, -0.2) is 0 Å². The Morgan fingerprint density at radius 3 is 2.50 bits per heavy atom. The van der Waals surface area contributed by atoms with E-state index in [9.17, 15) is 0 Å². The molecule has 3 heteroatoms. The fourth-order valence-electron chi connectivity index (χ4n) is 2.21. The zero-order valence-electron chi connectivity index (χ0n) is 11.1. The molecule has 1 fully saturated rings. The molecule has 2 atom stereocenters. The maximum atomic E-state index is 5.81. The van der Waals surface area contributed by atoms with Crippen molar-refractivity contribution in [2.45, 2.75) is 50.1 Å². The molecule has 1 aromatic rings. The van der Waals surface area contributed by atoms with E-state index in [-0.39, 0.29) is 10.9 Å². The summed E-state index contributed by atoms with van der Waals surface area (Å²) in [5, 5.41) is 0. The van der Waals surface area contributed by atoms with E-state index < -0.39 is 0 Å². The molecule has 18 heavy (non-hydrogen) atoms. The minimum absolute atomic E-state index is 0.220. The Labute approximate surface area is 118 Å². The summed E-state index contributed by atoms with van der Waals surface area (Å²) < 4.78 is 11.5. The SMILES string of the molecule is CC(C)Oc1ccc(C(Br)C2CCCCO2)cc1. The number of halogens is 1. The Morgan fingerprint density at radius 2 is 1.94 bits per heavy atom. The van der Waals surface area contributed by atoms with Gasteiger partial charge in [0.2, 0.25) is 0 Å². The van der Waals surface area contributed by atoms with Crippen LogP contribution >= 0.6 is 15.9 Å². The highest BCUT2D eigenvalue weighted by atomic mass is 79.9. The first-order valence-electron chi connectivity index (χ1n) is 6.69. The molecule has 0 radical (unpaired) electrons. The monoisotopic (exact) mass is 312 g/mol. The van der Waals surface area contributed by atoms with Crippen molar-refractivity contribution in [2.75, 3.05) is 6.61 Å². The highest BCUT2D eigenvalue weighted by Gasteiger charge is 2.23. The Bertz CT molecular complexity index is 355. The number of hydrogen-bond acceptors (Lipinski definition) is 2. The first-order valence-corrected chi connectivity index (χ1v) is 7.60. The third-order valence-electron chi connectivity index (χ3n) is 3.11. The fourth-order valence-corrected chi connectivity index (χ4v) is 2.94. The van der Waals surface area contributed by atoms with Crippen LogP contribution in [0, 0.1) is 0 Å². The molecule has 2 unspecified atom stereocenters. The molecule has 0 bridgehead atoms. The third-order valence-corrected chi connectivity index (χ3v) is 4.23. The maximum absolute atomic E-state index is 5.81. The molecule has 2 rings (SSSR count). The molecule has 0 aliphatic carbocycles. The van der Waals surface area contributed by atoms with Crippen molar-refractivity contribution in [1.82, 2.24) is 0 Å². The van der Waals surface area contributed by atoms with Gasteiger partial charge in [-0.3, -0.25) is 0 Å². The van der Waals surface area contributed by atoms with Crippen LogP contribution in [0.15, 0.2) is 24.3 Å². The van der Waals surface area contributed by atoms with Gasteiger partial charge in [-0.05, 0) is 50.8 Å². The van der Waals surface area contributed by atoms with Gasteiger partial charge in [-0.2, -0.15) is 0 Å². The fraction of sp³-hybridized carbons (Fsp3) is 0.600. The predicted molar refractivity (Wildman–Crippen MR) is 77.5 cm³/mol. The average molecular weight is 313 g/mol. The smallest absolute Gasteiger partial charge is 0.119 e. The molecule has 1 aliphatic rings. The first-order chi connectivity index (χ1) is 8.66. The van der Waals surface area contributed by atoms with Crippen LogP contribution in [0.1, 0.15) is 43.5 Å². The Kier molecular flexibility index (Phi) is 5.07. The topological polar surface area (TPSA) is 18.5 Å². The molecule has 0 aromatic heterocycles. The van der Waals surface area contributed by atoms with Gasteiger partial charge in [-0.15, -0.1) is 0 Å². The summed E-state index contributed by atoms with van der Waals surface area (Å²) >= 11 is 3.76. The minimum atomic E-state index is 0.220. The molecular formula is C15H21BrO2. The van der Waals surface area contributed by atoms with Crippen molar-refractivity contribution in [3.05, 3.63) is 29.8 Å². The summed E-state index contributed by atoms with van der Waals surface area (Å²) in [6.45, 7) is 4.97. The van der Waals surface area contributed by atoms with E-state index >= 15 is 0 Å². The Hall–Kier alpha value is -0.540. The highest BCUT2D eigenvalue weighted by Crippen LogP contribution is 2.34. The van der Waals surface area contributed by atoms with Crippen molar-refractivity contribution in [1.29, 1.82) is 0 Å².